The summed E-state index contributed by atoms with van der Waals surface area (Å²) in [6, 6.07) is 5.89. The normalized spacial score (nSPS) is 10.0. The number of hydrogen-bond donors (Lipinski definition) is 1. The molecule has 0 saturated carbocycles. The van der Waals surface area contributed by atoms with Gasteiger partial charge in [0.05, 0.1) is 23.9 Å². The van der Waals surface area contributed by atoms with Gasteiger partial charge in [-0.3, -0.25) is 15.1 Å². The zero-order chi connectivity index (χ0) is 15.4. The molecule has 21 heavy (non-hydrogen) atoms. The van der Waals surface area contributed by atoms with Crippen molar-refractivity contribution < 1.29 is 14.5 Å². The average molecular weight is 288 g/mol. The molecule has 0 atom stereocenters. The largest absolute Gasteiger partial charge is 0.464 e. The van der Waals surface area contributed by atoms with Crippen LogP contribution in [0, 0.1) is 17.0 Å². The smallest absolute Gasteiger partial charge is 0.356 e. The minimum absolute atomic E-state index is 0.0225. The van der Waals surface area contributed by atoms with Crippen molar-refractivity contribution in [2.24, 2.45) is 0 Å². The second kappa shape index (κ2) is 5.95. The highest BCUT2D eigenvalue weighted by molar-refractivity contribution is 5.88. The number of aromatic nitrogens is 2. The Labute approximate surface area is 120 Å². The Morgan fingerprint density at radius 1 is 1.33 bits per heavy atom. The third-order valence-corrected chi connectivity index (χ3v) is 2.64. The Kier molecular flexibility index (Phi) is 4.07. The van der Waals surface area contributed by atoms with Gasteiger partial charge in [-0.15, -0.1) is 0 Å². The summed E-state index contributed by atoms with van der Waals surface area (Å²) in [5.41, 5.74) is 1.07. The van der Waals surface area contributed by atoms with Gasteiger partial charge in [-0.2, -0.15) is 0 Å². The molecule has 2 aromatic rings. The number of methoxy groups -OCH3 is 1. The van der Waals surface area contributed by atoms with E-state index in [1.807, 2.05) is 6.92 Å². The van der Waals surface area contributed by atoms with Crippen LogP contribution in [0.5, 0.6) is 0 Å². The lowest BCUT2D eigenvalue weighted by Crippen LogP contribution is -2.08. The van der Waals surface area contributed by atoms with E-state index in [2.05, 4.69) is 20.0 Å². The summed E-state index contributed by atoms with van der Waals surface area (Å²) in [5, 5.41) is 13.8. The first kappa shape index (κ1) is 14.4. The number of anilines is 2. The van der Waals surface area contributed by atoms with Crippen molar-refractivity contribution in [2.45, 2.75) is 6.92 Å². The van der Waals surface area contributed by atoms with Gasteiger partial charge in [0.2, 0.25) is 5.82 Å². The molecule has 8 heteroatoms. The maximum absolute atomic E-state index is 11.4. The lowest BCUT2D eigenvalue weighted by molar-refractivity contribution is -0.384. The third kappa shape index (κ3) is 3.30. The molecule has 0 aromatic carbocycles. The van der Waals surface area contributed by atoms with Crippen LogP contribution < -0.4 is 5.32 Å². The molecule has 0 fully saturated rings. The number of esters is 1. The van der Waals surface area contributed by atoms with E-state index in [1.54, 1.807) is 12.1 Å². The van der Waals surface area contributed by atoms with Crippen LogP contribution in [0.3, 0.4) is 0 Å². The van der Waals surface area contributed by atoms with Crippen LogP contribution in [-0.4, -0.2) is 28.0 Å². The van der Waals surface area contributed by atoms with E-state index >= 15 is 0 Å². The fraction of sp³-hybridized carbons (Fsp3) is 0.154. The molecule has 8 nitrogen and oxygen atoms in total. The molecule has 0 radical (unpaired) electrons. The van der Waals surface area contributed by atoms with Crippen molar-refractivity contribution in [1.29, 1.82) is 0 Å². The van der Waals surface area contributed by atoms with E-state index < -0.39 is 10.9 Å². The molecule has 0 spiro atoms. The summed E-state index contributed by atoms with van der Waals surface area (Å²) in [4.78, 5) is 29.9. The number of nitro groups is 1. The molecule has 0 amide bonds. The van der Waals surface area contributed by atoms with Crippen molar-refractivity contribution in [3.63, 3.8) is 0 Å². The summed E-state index contributed by atoms with van der Waals surface area (Å²) in [6.07, 6.45) is 1.52. The number of nitrogens with one attached hydrogen (secondary N) is 1. The first-order valence-corrected chi connectivity index (χ1v) is 5.94. The summed E-state index contributed by atoms with van der Waals surface area (Å²) in [5.74, 6) is -0.719. The number of carbonyl (C=O) groups excluding carboxylic acids is 1. The zero-order valence-corrected chi connectivity index (χ0v) is 11.4. The molecule has 0 unspecified atom stereocenters. The van der Waals surface area contributed by atoms with Gasteiger partial charge in [-0.05, 0) is 25.1 Å². The highest BCUT2D eigenvalue weighted by Gasteiger charge is 2.19. The third-order valence-electron chi connectivity index (χ3n) is 2.64. The van der Waals surface area contributed by atoms with Gasteiger partial charge >= 0.3 is 11.7 Å². The summed E-state index contributed by atoms with van der Waals surface area (Å²) >= 11 is 0. The molecule has 0 aliphatic carbocycles. The SMILES string of the molecule is COC(=O)c1ccc([N+](=O)[O-])c(Nc2ccc(C)nc2)n1. The number of hydrogen-bond acceptors (Lipinski definition) is 7. The first-order valence-electron chi connectivity index (χ1n) is 5.94. The molecular weight excluding hydrogens is 276 g/mol. The highest BCUT2D eigenvalue weighted by Crippen LogP contribution is 2.25. The van der Waals surface area contributed by atoms with Crippen LogP contribution in [-0.2, 0) is 4.74 Å². The Hall–Kier alpha value is -3.03. The van der Waals surface area contributed by atoms with E-state index in [-0.39, 0.29) is 17.2 Å². The highest BCUT2D eigenvalue weighted by atomic mass is 16.6. The van der Waals surface area contributed by atoms with Gasteiger partial charge < -0.3 is 10.1 Å². The molecule has 2 aromatic heterocycles. The van der Waals surface area contributed by atoms with Crippen LogP contribution in [0.25, 0.3) is 0 Å². The van der Waals surface area contributed by atoms with Crippen molar-refractivity contribution in [1.82, 2.24) is 9.97 Å². The summed E-state index contributed by atoms with van der Waals surface area (Å²) in [6.45, 7) is 1.82. The second-order valence-corrected chi connectivity index (χ2v) is 4.13. The van der Waals surface area contributed by atoms with Gasteiger partial charge in [0.1, 0.15) is 0 Å². The Balaban J connectivity index is 2.40. The zero-order valence-electron chi connectivity index (χ0n) is 11.4. The van der Waals surface area contributed by atoms with E-state index in [0.717, 1.165) is 5.69 Å². The Bertz CT molecular complexity index is 685. The van der Waals surface area contributed by atoms with Crippen molar-refractivity contribution in [2.75, 3.05) is 12.4 Å². The molecule has 108 valence electrons. The lowest BCUT2D eigenvalue weighted by Gasteiger charge is -2.07. The van der Waals surface area contributed by atoms with Gasteiger partial charge in [0.15, 0.2) is 5.69 Å². The average Bonchev–Trinajstić information content (AvgIpc) is 2.48. The van der Waals surface area contributed by atoms with Crippen LogP contribution in [0.4, 0.5) is 17.2 Å². The van der Waals surface area contributed by atoms with Crippen LogP contribution in [0.2, 0.25) is 0 Å². The van der Waals surface area contributed by atoms with Gasteiger partial charge in [-0.1, -0.05) is 0 Å². The lowest BCUT2D eigenvalue weighted by atomic mass is 10.3. The molecular formula is C13H12N4O4. The minimum atomic E-state index is -0.671. The molecule has 0 bridgehead atoms. The maximum atomic E-state index is 11.4. The standard InChI is InChI=1S/C13H12N4O4/c1-8-3-4-9(7-14-8)15-12-11(17(19)20)6-5-10(16-12)13(18)21-2/h3-7H,1-2H3,(H,15,16). The Morgan fingerprint density at radius 3 is 2.67 bits per heavy atom. The first-order chi connectivity index (χ1) is 10.0. The van der Waals surface area contributed by atoms with Crippen molar-refractivity contribution in [3.8, 4) is 0 Å². The van der Waals surface area contributed by atoms with Gasteiger partial charge in [0.25, 0.3) is 0 Å². The molecule has 2 heterocycles. The number of pyridine rings is 2. The predicted molar refractivity (Wildman–Crippen MR) is 74.5 cm³/mol. The maximum Gasteiger partial charge on any atom is 0.356 e. The van der Waals surface area contributed by atoms with Crippen LogP contribution in [0.15, 0.2) is 30.5 Å². The van der Waals surface area contributed by atoms with Gasteiger partial charge in [-0.25, -0.2) is 9.78 Å². The number of carbonyl (C=O) groups is 1. The second-order valence-electron chi connectivity index (χ2n) is 4.13. The number of ether oxygens (including phenoxy) is 1. The fourth-order valence-electron chi connectivity index (χ4n) is 1.59. The van der Waals surface area contributed by atoms with Crippen LogP contribution >= 0.6 is 0 Å². The molecule has 0 saturated heterocycles. The molecule has 1 N–H and O–H groups in total. The molecule has 0 aliphatic heterocycles. The number of aryl methyl sites for hydroxylation is 1. The molecule has 2 rings (SSSR count). The monoisotopic (exact) mass is 288 g/mol. The quantitative estimate of drug-likeness (QED) is 0.522. The number of nitrogens with zero attached hydrogens (tertiary/aromatic N) is 3. The summed E-state index contributed by atoms with van der Waals surface area (Å²) < 4.78 is 4.55. The Morgan fingerprint density at radius 2 is 2.10 bits per heavy atom. The van der Waals surface area contributed by atoms with Crippen molar-refractivity contribution >= 4 is 23.2 Å². The van der Waals surface area contributed by atoms with Gasteiger partial charge in [0, 0.05) is 11.8 Å². The van der Waals surface area contributed by atoms with E-state index in [9.17, 15) is 14.9 Å². The number of rotatable bonds is 4. The van der Waals surface area contributed by atoms with E-state index in [0.29, 0.717) is 5.69 Å². The molecule has 0 aliphatic rings. The van der Waals surface area contributed by atoms with Crippen LogP contribution in [0.1, 0.15) is 16.2 Å². The topological polar surface area (TPSA) is 107 Å². The minimum Gasteiger partial charge on any atom is -0.464 e. The summed E-state index contributed by atoms with van der Waals surface area (Å²) in [7, 11) is 1.21. The van der Waals surface area contributed by atoms with E-state index in [4.69, 9.17) is 0 Å². The predicted octanol–water partition coefficient (Wildman–Crippen LogP) is 2.22. The van der Waals surface area contributed by atoms with E-state index in [1.165, 1.54) is 25.4 Å². The fourth-order valence-corrected chi connectivity index (χ4v) is 1.59. The van der Waals surface area contributed by atoms with Crippen molar-refractivity contribution in [3.05, 3.63) is 52.0 Å².